The van der Waals surface area contributed by atoms with Gasteiger partial charge in [-0.3, -0.25) is 10.1 Å². The highest BCUT2D eigenvalue weighted by atomic mass is 35.5. The van der Waals surface area contributed by atoms with Crippen LogP contribution < -0.4 is 10.6 Å². The number of alkyl halides is 4. The first kappa shape index (κ1) is 23.0. The monoisotopic (exact) mass is 511 g/mol. The van der Waals surface area contributed by atoms with Crippen molar-refractivity contribution in [2.45, 2.75) is 6.18 Å². The second kappa shape index (κ2) is 9.38. The van der Waals surface area contributed by atoms with Gasteiger partial charge in [-0.25, -0.2) is 9.78 Å². The maximum absolute atomic E-state index is 13.0. The number of nitrogens with one attached hydrogen (secondary N) is 2. The maximum Gasteiger partial charge on any atom is 0.416 e. The van der Waals surface area contributed by atoms with E-state index >= 15 is 0 Å². The zero-order chi connectivity index (χ0) is 23.6. The molecule has 4 rings (SSSR count). The number of thiophene rings is 2. The standard InChI is InChI=1S/C21H13ClF3N3O3S2/c22-10-31-20(30)28-16-13-6-7-14(15-5-2-8-32-15)27-19(13)33-17(16)18(29)26-12-4-1-3-11(9-12)21(23,24)25/h1-9H,10H2,(H,26,29)(H,28,30). The summed E-state index contributed by atoms with van der Waals surface area (Å²) in [6, 6.07) is 11.1. The van der Waals surface area contributed by atoms with Crippen molar-refractivity contribution in [3.8, 4) is 10.6 Å². The van der Waals surface area contributed by atoms with Gasteiger partial charge in [-0.2, -0.15) is 13.2 Å². The third-order valence-corrected chi connectivity index (χ3v) is 6.50. The highest BCUT2D eigenvalue weighted by Gasteiger charge is 2.31. The second-order valence-corrected chi connectivity index (χ2v) is 8.70. The van der Waals surface area contributed by atoms with Crippen molar-refractivity contribution < 1.29 is 27.5 Å². The van der Waals surface area contributed by atoms with Crippen molar-refractivity contribution in [3.05, 3.63) is 64.4 Å². The summed E-state index contributed by atoms with van der Waals surface area (Å²) in [4.78, 5) is 31.0. The number of hydrogen-bond donors (Lipinski definition) is 2. The van der Waals surface area contributed by atoms with Gasteiger partial charge >= 0.3 is 12.3 Å². The summed E-state index contributed by atoms with van der Waals surface area (Å²) < 4.78 is 43.7. The van der Waals surface area contributed by atoms with E-state index in [1.807, 2.05) is 17.5 Å². The lowest BCUT2D eigenvalue weighted by Gasteiger charge is -2.10. The van der Waals surface area contributed by atoms with Gasteiger partial charge in [0, 0.05) is 11.1 Å². The zero-order valence-corrected chi connectivity index (χ0v) is 18.8. The SMILES string of the molecule is O=C(Nc1c(C(=O)Nc2cccc(C(F)(F)F)c2)sc2nc(-c3cccs3)ccc12)OCCl. The average molecular weight is 512 g/mol. The number of benzene rings is 1. The molecule has 170 valence electrons. The summed E-state index contributed by atoms with van der Waals surface area (Å²) in [7, 11) is 0. The largest absolute Gasteiger partial charge is 0.433 e. The molecule has 0 spiro atoms. The minimum absolute atomic E-state index is 0.0461. The van der Waals surface area contributed by atoms with E-state index in [0.29, 0.717) is 15.9 Å². The van der Waals surface area contributed by atoms with Crippen LogP contribution in [0.3, 0.4) is 0 Å². The maximum atomic E-state index is 13.0. The Kier molecular flexibility index (Phi) is 6.54. The first-order valence-electron chi connectivity index (χ1n) is 9.22. The average Bonchev–Trinajstić information content (AvgIpc) is 3.42. The molecule has 0 bridgehead atoms. The Morgan fingerprint density at radius 3 is 2.61 bits per heavy atom. The molecular formula is C21H13ClF3N3O3S2. The lowest BCUT2D eigenvalue weighted by molar-refractivity contribution is -0.137. The summed E-state index contributed by atoms with van der Waals surface area (Å²) >= 11 is 7.91. The van der Waals surface area contributed by atoms with E-state index in [1.54, 1.807) is 12.1 Å². The molecule has 0 saturated carbocycles. The molecule has 6 nitrogen and oxygen atoms in total. The number of hydrogen-bond acceptors (Lipinski definition) is 6. The molecule has 0 fully saturated rings. The molecule has 3 aromatic heterocycles. The van der Waals surface area contributed by atoms with Crippen LogP contribution in [0.5, 0.6) is 0 Å². The lowest BCUT2D eigenvalue weighted by Crippen LogP contribution is -2.17. The molecule has 2 amide bonds. The zero-order valence-electron chi connectivity index (χ0n) is 16.4. The molecule has 0 aliphatic rings. The molecule has 1 aromatic carbocycles. The number of pyridine rings is 1. The van der Waals surface area contributed by atoms with Gasteiger partial charge in [-0.1, -0.05) is 23.7 Å². The number of halogens is 4. The van der Waals surface area contributed by atoms with Gasteiger partial charge in [0.1, 0.15) is 9.71 Å². The van der Waals surface area contributed by atoms with Gasteiger partial charge in [0.2, 0.25) is 0 Å². The molecular weight excluding hydrogens is 499 g/mol. The van der Waals surface area contributed by atoms with Crippen LogP contribution in [0.1, 0.15) is 15.2 Å². The number of anilines is 2. The summed E-state index contributed by atoms with van der Waals surface area (Å²) in [6.45, 7) is 0. The normalized spacial score (nSPS) is 11.4. The van der Waals surface area contributed by atoms with Crippen molar-refractivity contribution in [2.24, 2.45) is 0 Å². The topological polar surface area (TPSA) is 80.3 Å². The number of rotatable bonds is 5. The van der Waals surface area contributed by atoms with Crippen LogP contribution in [-0.4, -0.2) is 23.1 Å². The third kappa shape index (κ3) is 5.10. The Hall–Kier alpha value is -3.15. The number of ether oxygens (including phenoxy) is 1. The van der Waals surface area contributed by atoms with Gasteiger partial charge in [-0.05, 0) is 41.8 Å². The molecule has 12 heteroatoms. The van der Waals surface area contributed by atoms with Gasteiger partial charge in [-0.15, -0.1) is 22.7 Å². The highest BCUT2D eigenvalue weighted by molar-refractivity contribution is 7.21. The minimum atomic E-state index is -4.56. The number of nitrogens with zero attached hydrogens (tertiary/aromatic N) is 1. The lowest BCUT2D eigenvalue weighted by atomic mass is 10.2. The van der Waals surface area contributed by atoms with Crippen LogP contribution in [0.2, 0.25) is 0 Å². The molecule has 33 heavy (non-hydrogen) atoms. The van der Waals surface area contributed by atoms with Crippen molar-refractivity contribution in [1.29, 1.82) is 0 Å². The Labute approximate surface area is 198 Å². The summed E-state index contributed by atoms with van der Waals surface area (Å²) in [5.74, 6) is -0.712. The van der Waals surface area contributed by atoms with Crippen LogP contribution in [-0.2, 0) is 10.9 Å². The number of fused-ring (bicyclic) bond motifs is 1. The van der Waals surface area contributed by atoms with E-state index in [2.05, 4.69) is 15.6 Å². The smallest absolute Gasteiger partial charge is 0.416 e. The number of aromatic nitrogens is 1. The van der Waals surface area contributed by atoms with Gasteiger partial charge in [0.25, 0.3) is 5.91 Å². The van der Waals surface area contributed by atoms with E-state index in [-0.39, 0.29) is 16.3 Å². The van der Waals surface area contributed by atoms with Crippen molar-refractivity contribution >= 4 is 67.9 Å². The molecule has 3 heterocycles. The van der Waals surface area contributed by atoms with E-state index in [0.717, 1.165) is 28.3 Å². The van der Waals surface area contributed by atoms with E-state index < -0.39 is 29.8 Å². The molecule has 0 saturated heterocycles. The summed E-state index contributed by atoms with van der Waals surface area (Å²) in [6.07, 6.45) is -5.45. The molecule has 0 aliphatic heterocycles. The van der Waals surface area contributed by atoms with E-state index in [9.17, 15) is 22.8 Å². The molecule has 0 unspecified atom stereocenters. The molecule has 0 aliphatic carbocycles. The number of amides is 2. The fraction of sp³-hybridized carbons (Fsp3) is 0.0952. The predicted molar refractivity (Wildman–Crippen MR) is 123 cm³/mol. The minimum Gasteiger partial charge on any atom is -0.433 e. The van der Waals surface area contributed by atoms with E-state index in [4.69, 9.17) is 16.3 Å². The van der Waals surface area contributed by atoms with Gasteiger partial charge < -0.3 is 10.1 Å². The van der Waals surface area contributed by atoms with Crippen molar-refractivity contribution in [1.82, 2.24) is 4.98 Å². The van der Waals surface area contributed by atoms with Gasteiger partial charge in [0.05, 0.1) is 21.8 Å². The van der Waals surface area contributed by atoms with Crippen LogP contribution in [0.4, 0.5) is 29.3 Å². The van der Waals surface area contributed by atoms with Crippen LogP contribution in [0, 0.1) is 0 Å². The van der Waals surface area contributed by atoms with Crippen molar-refractivity contribution in [2.75, 3.05) is 16.7 Å². The Morgan fingerprint density at radius 2 is 1.91 bits per heavy atom. The molecule has 4 aromatic rings. The fourth-order valence-electron chi connectivity index (χ4n) is 2.97. The first-order chi connectivity index (χ1) is 15.8. The fourth-order valence-corrected chi connectivity index (χ4v) is 4.79. The van der Waals surface area contributed by atoms with Crippen LogP contribution in [0.25, 0.3) is 20.8 Å². The molecule has 0 atom stereocenters. The third-order valence-electron chi connectivity index (χ3n) is 4.40. The van der Waals surface area contributed by atoms with E-state index in [1.165, 1.54) is 23.5 Å². The van der Waals surface area contributed by atoms with Crippen LogP contribution >= 0.6 is 34.3 Å². The summed E-state index contributed by atoms with van der Waals surface area (Å²) in [5, 5.41) is 7.30. The number of carbonyl (C=O) groups is 2. The highest BCUT2D eigenvalue weighted by Crippen LogP contribution is 2.38. The molecule has 0 radical (unpaired) electrons. The Bertz CT molecular complexity index is 1320. The predicted octanol–water partition coefficient (Wildman–Crippen LogP) is 7.04. The molecule has 2 N–H and O–H groups in total. The Balaban J connectivity index is 1.73. The quantitative estimate of drug-likeness (QED) is 0.282. The van der Waals surface area contributed by atoms with Crippen molar-refractivity contribution in [3.63, 3.8) is 0 Å². The number of carbonyl (C=O) groups excluding carboxylic acids is 2. The summed E-state index contributed by atoms with van der Waals surface area (Å²) in [5.41, 5.74) is -0.143. The van der Waals surface area contributed by atoms with Crippen LogP contribution in [0.15, 0.2) is 53.9 Å². The second-order valence-electron chi connectivity index (χ2n) is 6.53. The Morgan fingerprint density at radius 1 is 1.09 bits per heavy atom. The first-order valence-corrected chi connectivity index (χ1v) is 11.4. The van der Waals surface area contributed by atoms with Gasteiger partial charge in [0.15, 0.2) is 6.07 Å².